The second-order valence-corrected chi connectivity index (χ2v) is 11.6. The zero-order valence-corrected chi connectivity index (χ0v) is 24.2. The van der Waals surface area contributed by atoms with Crippen molar-refractivity contribution in [2.24, 2.45) is 0 Å². The second kappa shape index (κ2) is 25.3. The highest BCUT2D eigenvalue weighted by Gasteiger charge is 2.16. The summed E-state index contributed by atoms with van der Waals surface area (Å²) in [5.74, 6) is -0.723. The predicted octanol–water partition coefficient (Wildman–Crippen LogP) is 5.54. The van der Waals surface area contributed by atoms with Gasteiger partial charge in [0.1, 0.15) is 6.61 Å². The van der Waals surface area contributed by atoms with Crippen molar-refractivity contribution in [2.75, 3.05) is 45.2 Å². The smallest absolute Gasteiger partial charge is 0.305 e. The van der Waals surface area contributed by atoms with Gasteiger partial charge in [0.15, 0.2) is 0 Å². The first-order chi connectivity index (χ1) is 17.8. The van der Waals surface area contributed by atoms with E-state index in [9.17, 15) is 18.3 Å². The maximum absolute atomic E-state index is 12.0. The lowest BCUT2D eigenvalue weighted by Gasteiger charge is -2.24. The van der Waals surface area contributed by atoms with Crippen LogP contribution < -0.4 is 0 Å². The number of ether oxygens (including phenoxy) is 2. The van der Waals surface area contributed by atoms with Crippen molar-refractivity contribution in [3.63, 3.8) is 0 Å². The van der Waals surface area contributed by atoms with E-state index in [1.54, 1.807) is 11.0 Å². The molecule has 8 nitrogen and oxygen atoms in total. The molecule has 37 heavy (non-hydrogen) atoms. The highest BCUT2D eigenvalue weighted by Crippen LogP contribution is 2.13. The summed E-state index contributed by atoms with van der Waals surface area (Å²) in [7, 11) is -4.13. The van der Waals surface area contributed by atoms with Gasteiger partial charge in [-0.3, -0.25) is 14.2 Å². The maximum atomic E-state index is 12.0. The number of esters is 1. The number of unbranched alkanes of at least 4 members (excludes halogenated alkanes) is 14. The molecule has 0 aliphatic carbocycles. The summed E-state index contributed by atoms with van der Waals surface area (Å²) >= 11 is 0. The Kier molecular flexibility index (Phi) is 24.6. The van der Waals surface area contributed by atoms with E-state index in [1.807, 2.05) is 0 Å². The Hall–Kier alpha value is -1.00. The quantitative estimate of drug-likeness (QED) is 0.0566. The molecule has 0 radical (unpaired) electrons. The number of rotatable bonds is 28. The average molecular weight is 550 g/mol. The van der Waals surface area contributed by atoms with E-state index < -0.39 is 22.0 Å². The molecule has 0 aromatic carbocycles. The SMILES string of the molecule is C=CCOCC(O)CN(CCOC(=O)CCCCCCCCCCCCCCCCC)CCS(=O)(=O)O. The van der Waals surface area contributed by atoms with Crippen molar-refractivity contribution in [1.29, 1.82) is 0 Å². The van der Waals surface area contributed by atoms with Gasteiger partial charge in [0.25, 0.3) is 10.1 Å². The van der Waals surface area contributed by atoms with E-state index in [2.05, 4.69) is 13.5 Å². The number of aliphatic hydroxyl groups excluding tert-OH is 1. The topological polar surface area (TPSA) is 113 Å². The van der Waals surface area contributed by atoms with Gasteiger partial charge in [-0.2, -0.15) is 8.42 Å². The van der Waals surface area contributed by atoms with Crippen LogP contribution in [0.2, 0.25) is 0 Å². The van der Waals surface area contributed by atoms with E-state index in [-0.39, 0.29) is 38.8 Å². The predicted molar refractivity (Wildman–Crippen MR) is 150 cm³/mol. The lowest BCUT2D eigenvalue weighted by Crippen LogP contribution is -2.39. The van der Waals surface area contributed by atoms with Gasteiger partial charge in [0, 0.05) is 26.1 Å². The minimum Gasteiger partial charge on any atom is -0.464 e. The van der Waals surface area contributed by atoms with Gasteiger partial charge in [-0.25, -0.2) is 0 Å². The van der Waals surface area contributed by atoms with E-state index in [0.717, 1.165) is 19.3 Å². The maximum Gasteiger partial charge on any atom is 0.305 e. The third-order valence-electron chi connectivity index (χ3n) is 6.34. The molecule has 1 unspecified atom stereocenters. The van der Waals surface area contributed by atoms with E-state index in [1.165, 1.54) is 77.0 Å². The van der Waals surface area contributed by atoms with Crippen molar-refractivity contribution in [3.8, 4) is 0 Å². The fourth-order valence-corrected chi connectivity index (χ4v) is 4.67. The Balaban J connectivity index is 3.79. The summed E-state index contributed by atoms with van der Waals surface area (Å²) in [5.41, 5.74) is 0. The first kappa shape index (κ1) is 36.0. The molecule has 0 rings (SSSR count). The Labute approximate surface area is 226 Å². The van der Waals surface area contributed by atoms with Crippen molar-refractivity contribution >= 4 is 16.1 Å². The van der Waals surface area contributed by atoms with Gasteiger partial charge >= 0.3 is 5.97 Å². The van der Waals surface area contributed by atoms with Gasteiger partial charge in [-0.05, 0) is 6.42 Å². The molecule has 0 aliphatic rings. The van der Waals surface area contributed by atoms with E-state index >= 15 is 0 Å². The van der Waals surface area contributed by atoms with Gasteiger partial charge in [0.2, 0.25) is 0 Å². The lowest BCUT2D eigenvalue weighted by molar-refractivity contribution is -0.144. The number of hydrogen-bond acceptors (Lipinski definition) is 7. The molecule has 0 aromatic heterocycles. The van der Waals surface area contributed by atoms with Crippen LogP contribution in [0.1, 0.15) is 110 Å². The number of carbonyl (C=O) groups excluding carboxylic acids is 1. The molecule has 0 aliphatic heterocycles. The van der Waals surface area contributed by atoms with E-state index in [0.29, 0.717) is 13.0 Å². The fourth-order valence-electron chi connectivity index (χ4n) is 4.18. The summed E-state index contributed by atoms with van der Waals surface area (Å²) in [4.78, 5) is 13.7. The zero-order valence-electron chi connectivity index (χ0n) is 23.4. The largest absolute Gasteiger partial charge is 0.464 e. The number of aliphatic hydroxyl groups is 1. The van der Waals surface area contributed by atoms with Gasteiger partial charge in [0.05, 0.1) is 25.1 Å². The molecule has 1 atom stereocenters. The summed E-state index contributed by atoms with van der Waals surface area (Å²) in [6.07, 6.45) is 20.2. The van der Waals surface area contributed by atoms with Gasteiger partial charge < -0.3 is 14.6 Å². The normalized spacial score (nSPS) is 12.6. The van der Waals surface area contributed by atoms with Crippen LogP contribution in [0.25, 0.3) is 0 Å². The standard InChI is InChI=1S/C28H55NO7S/c1-3-5-6-7-8-9-10-11-12-13-14-15-16-17-18-19-28(31)36-23-20-29(21-24-37(32,33)34)25-27(30)26-35-22-4-2/h4,27,30H,2-3,5-26H2,1H3,(H,32,33,34). The fraction of sp³-hybridized carbons (Fsp3) is 0.893. The molecule has 0 bridgehead atoms. The van der Waals surface area contributed by atoms with Gasteiger partial charge in [-0.15, -0.1) is 6.58 Å². The summed E-state index contributed by atoms with van der Waals surface area (Å²) in [5, 5.41) is 10.1. The molecule has 9 heteroatoms. The van der Waals surface area contributed by atoms with Crippen molar-refractivity contribution < 1.29 is 32.3 Å². The Morgan fingerprint density at radius 1 is 0.892 bits per heavy atom. The molecule has 220 valence electrons. The van der Waals surface area contributed by atoms with Crippen LogP contribution in [0.3, 0.4) is 0 Å². The lowest BCUT2D eigenvalue weighted by atomic mass is 10.0. The van der Waals surface area contributed by atoms with Crippen LogP contribution in [-0.4, -0.2) is 80.3 Å². The molecule has 0 fully saturated rings. The van der Waals surface area contributed by atoms with Crippen LogP contribution in [0.15, 0.2) is 12.7 Å². The van der Waals surface area contributed by atoms with Crippen molar-refractivity contribution in [2.45, 2.75) is 116 Å². The first-order valence-corrected chi connectivity index (χ1v) is 16.1. The van der Waals surface area contributed by atoms with Crippen molar-refractivity contribution in [3.05, 3.63) is 12.7 Å². The van der Waals surface area contributed by atoms with Crippen molar-refractivity contribution in [1.82, 2.24) is 4.90 Å². The second-order valence-electron chi connectivity index (χ2n) is 9.99. The third kappa shape index (κ3) is 27.8. The third-order valence-corrected chi connectivity index (χ3v) is 7.03. The molecule has 0 spiro atoms. The molecular formula is C28H55NO7S. The Morgan fingerprint density at radius 3 is 1.89 bits per heavy atom. The van der Waals surface area contributed by atoms with Crippen LogP contribution >= 0.6 is 0 Å². The van der Waals surface area contributed by atoms with Crippen LogP contribution in [-0.2, 0) is 24.4 Å². The molecular weight excluding hydrogens is 494 g/mol. The molecule has 0 amide bonds. The first-order valence-electron chi connectivity index (χ1n) is 14.5. The molecule has 0 saturated carbocycles. The highest BCUT2D eigenvalue weighted by atomic mass is 32.2. The Bertz CT molecular complexity index is 642. The summed E-state index contributed by atoms with van der Waals surface area (Å²) < 4.78 is 41.7. The van der Waals surface area contributed by atoms with Crippen LogP contribution in [0.5, 0.6) is 0 Å². The average Bonchev–Trinajstić information content (AvgIpc) is 2.84. The number of hydrogen-bond donors (Lipinski definition) is 2. The highest BCUT2D eigenvalue weighted by molar-refractivity contribution is 7.85. The van der Waals surface area contributed by atoms with E-state index in [4.69, 9.17) is 14.0 Å². The zero-order chi connectivity index (χ0) is 27.6. The summed E-state index contributed by atoms with van der Waals surface area (Å²) in [6.45, 7) is 6.70. The van der Waals surface area contributed by atoms with Crippen LogP contribution in [0.4, 0.5) is 0 Å². The molecule has 0 aromatic rings. The van der Waals surface area contributed by atoms with Gasteiger partial charge in [-0.1, -0.05) is 103 Å². The Morgan fingerprint density at radius 2 is 1.41 bits per heavy atom. The summed E-state index contributed by atoms with van der Waals surface area (Å²) in [6, 6.07) is 0. The minimum atomic E-state index is -4.13. The number of carbonyl (C=O) groups is 1. The molecule has 0 saturated heterocycles. The minimum absolute atomic E-state index is 0.0218. The monoisotopic (exact) mass is 549 g/mol. The molecule has 0 heterocycles. The number of nitrogens with zero attached hydrogens (tertiary/aromatic N) is 1. The molecule has 2 N–H and O–H groups in total. The van der Waals surface area contributed by atoms with Crippen LogP contribution in [0, 0.1) is 0 Å².